The van der Waals surface area contributed by atoms with E-state index in [9.17, 15) is 10.1 Å². The number of nitro benzene ring substituents is 1. The van der Waals surface area contributed by atoms with Crippen molar-refractivity contribution >= 4 is 23.3 Å². The Labute approximate surface area is 158 Å². The predicted molar refractivity (Wildman–Crippen MR) is 102 cm³/mol. The van der Waals surface area contributed by atoms with Crippen molar-refractivity contribution in [2.75, 3.05) is 0 Å². The van der Waals surface area contributed by atoms with Crippen molar-refractivity contribution in [3.05, 3.63) is 69.8 Å². The summed E-state index contributed by atoms with van der Waals surface area (Å²) < 4.78 is 1.78. The highest BCUT2D eigenvalue weighted by atomic mass is 32.2. The average Bonchev–Trinajstić information content (AvgIpc) is 3.33. The molecule has 5 rings (SSSR count). The second-order valence-corrected chi connectivity index (χ2v) is 7.57. The number of thioether (sulfide) groups is 1. The van der Waals surface area contributed by atoms with E-state index < -0.39 is 4.92 Å². The molecule has 0 radical (unpaired) electrons. The third-order valence-electron chi connectivity index (χ3n) is 4.68. The van der Waals surface area contributed by atoms with Gasteiger partial charge in [0.15, 0.2) is 16.8 Å². The van der Waals surface area contributed by atoms with Gasteiger partial charge in [-0.2, -0.15) is 9.78 Å². The van der Waals surface area contributed by atoms with Crippen molar-refractivity contribution < 1.29 is 4.92 Å². The topological polar surface area (TPSA) is 98.2 Å². The molecule has 0 saturated heterocycles. The van der Waals surface area contributed by atoms with Crippen LogP contribution in [0.2, 0.25) is 0 Å². The quantitative estimate of drug-likeness (QED) is 0.555. The lowest BCUT2D eigenvalue weighted by Crippen LogP contribution is -2.23. The molecule has 2 atom stereocenters. The summed E-state index contributed by atoms with van der Waals surface area (Å²) in [6, 6.07) is 14.6. The number of hydrazone groups is 1. The van der Waals surface area contributed by atoms with E-state index in [1.807, 2.05) is 31.2 Å². The molecule has 0 amide bonds. The van der Waals surface area contributed by atoms with Gasteiger partial charge in [0.25, 0.3) is 5.69 Å². The summed E-state index contributed by atoms with van der Waals surface area (Å²) in [5.41, 5.74) is 6.31. The summed E-state index contributed by atoms with van der Waals surface area (Å²) in [4.78, 5) is 15.1. The molecule has 134 valence electrons. The lowest BCUT2D eigenvalue weighted by atomic mass is 10.0. The van der Waals surface area contributed by atoms with Crippen molar-refractivity contribution in [2.24, 2.45) is 5.10 Å². The summed E-state index contributed by atoms with van der Waals surface area (Å²) >= 11 is 1.60. The fourth-order valence-electron chi connectivity index (χ4n) is 3.22. The smallest absolute Gasteiger partial charge is 0.269 e. The van der Waals surface area contributed by atoms with Gasteiger partial charge in [0, 0.05) is 17.7 Å². The predicted octanol–water partition coefficient (Wildman–Crippen LogP) is 3.14. The molecule has 2 aliphatic rings. The number of benzene rings is 2. The van der Waals surface area contributed by atoms with Crippen molar-refractivity contribution in [3.63, 3.8) is 0 Å². The largest absolute Gasteiger partial charge is 0.299 e. The zero-order valence-electron chi connectivity index (χ0n) is 14.2. The number of aryl methyl sites for hydroxylation is 1. The van der Waals surface area contributed by atoms with E-state index in [-0.39, 0.29) is 17.0 Å². The van der Waals surface area contributed by atoms with Crippen LogP contribution in [0, 0.1) is 17.0 Å². The van der Waals surface area contributed by atoms with Crippen LogP contribution < -0.4 is 5.43 Å². The molecule has 3 aromatic rings. The maximum atomic E-state index is 10.8. The Morgan fingerprint density at radius 2 is 1.89 bits per heavy atom. The molecule has 27 heavy (non-hydrogen) atoms. The fourth-order valence-corrected chi connectivity index (χ4v) is 4.43. The molecule has 8 nitrogen and oxygen atoms in total. The maximum Gasteiger partial charge on any atom is 0.269 e. The molecule has 0 fully saturated rings. The molecule has 3 heterocycles. The highest BCUT2D eigenvalue weighted by molar-refractivity contribution is 8.01. The number of rotatable bonds is 3. The molecule has 9 heteroatoms. The number of nitro groups is 1. The normalized spacial score (nSPS) is 20.0. The van der Waals surface area contributed by atoms with Crippen LogP contribution in [0.3, 0.4) is 0 Å². The van der Waals surface area contributed by atoms with E-state index in [0.29, 0.717) is 5.82 Å². The monoisotopic (exact) mass is 378 g/mol. The first-order valence-electron chi connectivity index (χ1n) is 8.39. The van der Waals surface area contributed by atoms with Crippen LogP contribution in [0.15, 0.2) is 58.8 Å². The van der Waals surface area contributed by atoms with E-state index >= 15 is 0 Å². The summed E-state index contributed by atoms with van der Waals surface area (Å²) in [6.07, 6.45) is 0. The minimum Gasteiger partial charge on any atom is -0.299 e. The van der Waals surface area contributed by atoms with Crippen molar-refractivity contribution in [3.8, 4) is 11.4 Å². The molecular weight excluding hydrogens is 364 g/mol. The van der Waals surface area contributed by atoms with Gasteiger partial charge < -0.3 is 0 Å². The third-order valence-corrected chi connectivity index (χ3v) is 5.89. The summed E-state index contributed by atoms with van der Waals surface area (Å²) in [7, 11) is 0. The zero-order valence-corrected chi connectivity index (χ0v) is 15.1. The minimum absolute atomic E-state index is 0.0357. The van der Waals surface area contributed by atoms with Gasteiger partial charge in [0.05, 0.1) is 11.0 Å². The molecule has 0 saturated carbocycles. The number of hydrogen-bond acceptors (Lipinski definition) is 7. The van der Waals surface area contributed by atoms with Gasteiger partial charge in [-0.1, -0.05) is 53.7 Å². The zero-order chi connectivity index (χ0) is 18.5. The van der Waals surface area contributed by atoms with Crippen LogP contribution >= 0.6 is 11.8 Å². The van der Waals surface area contributed by atoms with Crippen LogP contribution in [0.1, 0.15) is 17.2 Å². The van der Waals surface area contributed by atoms with Crippen LogP contribution in [0.25, 0.3) is 11.4 Å². The average molecular weight is 378 g/mol. The molecule has 2 aromatic carbocycles. The molecule has 0 spiro atoms. The van der Waals surface area contributed by atoms with Crippen LogP contribution in [-0.4, -0.2) is 30.8 Å². The van der Waals surface area contributed by atoms with Crippen LogP contribution in [0.5, 0.6) is 0 Å². The molecule has 2 unspecified atom stereocenters. The first-order chi connectivity index (χ1) is 13.1. The SMILES string of the molecule is Cc1ccc(-c2nc3n(n2)C2=NNC(c4ccc([N+](=O)[O-])cc4)C2S3)cc1. The fraction of sp³-hybridized carbons (Fsp3) is 0.167. The van der Waals surface area contributed by atoms with E-state index in [4.69, 9.17) is 0 Å². The lowest BCUT2D eigenvalue weighted by molar-refractivity contribution is -0.384. The van der Waals surface area contributed by atoms with Crippen molar-refractivity contribution in [1.82, 2.24) is 20.2 Å². The Kier molecular flexibility index (Phi) is 3.51. The first kappa shape index (κ1) is 16.0. The second-order valence-electron chi connectivity index (χ2n) is 6.46. The Hall–Kier alpha value is -3.20. The minimum atomic E-state index is -0.399. The Morgan fingerprint density at radius 3 is 2.59 bits per heavy atom. The van der Waals surface area contributed by atoms with E-state index in [1.165, 1.54) is 17.7 Å². The number of nitrogens with zero attached hydrogens (tertiary/aromatic N) is 5. The van der Waals surface area contributed by atoms with Gasteiger partial charge in [-0.15, -0.1) is 5.10 Å². The summed E-state index contributed by atoms with van der Waals surface area (Å²) in [6.45, 7) is 2.04. The second kappa shape index (κ2) is 5.92. The van der Waals surface area contributed by atoms with Gasteiger partial charge in [-0.3, -0.25) is 15.5 Å². The molecule has 2 aliphatic heterocycles. The number of fused-ring (bicyclic) bond motifs is 3. The lowest BCUT2D eigenvalue weighted by Gasteiger charge is -2.15. The Morgan fingerprint density at radius 1 is 1.15 bits per heavy atom. The van der Waals surface area contributed by atoms with Gasteiger partial charge in [0.2, 0.25) is 0 Å². The molecule has 0 aliphatic carbocycles. The highest BCUT2D eigenvalue weighted by Gasteiger charge is 2.43. The van der Waals surface area contributed by atoms with E-state index in [1.54, 1.807) is 28.6 Å². The van der Waals surface area contributed by atoms with Crippen molar-refractivity contribution in [1.29, 1.82) is 0 Å². The van der Waals surface area contributed by atoms with E-state index in [0.717, 1.165) is 22.1 Å². The molecular formula is C18H14N6O2S. The van der Waals surface area contributed by atoms with Gasteiger partial charge in [0.1, 0.15) is 5.25 Å². The Bertz CT molecular complexity index is 1070. The maximum absolute atomic E-state index is 10.8. The number of hydrogen-bond donors (Lipinski definition) is 1. The highest BCUT2D eigenvalue weighted by Crippen LogP contribution is 2.41. The molecule has 0 bridgehead atoms. The molecule has 1 N–H and O–H groups in total. The standard InChI is InChI=1S/C18H14N6O2S/c1-10-2-4-12(5-3-10)16-19-18-23(22-16)17-15(27-18)14(20-21-17)11-6-8-13(9-7-11)24(25)26/h2-9,14-15,20H,1H3. The number of non-ortho nitro benzene ring substituents is 1. The Balaban J connectivity index is 1.41. The third kappa shape index (κ3) is 2.58. The van der Waals surface area contributed by atoms with E-state index in [2.05, 4.69) is 20.6 Å². The summed E-state index contributed by atoms with van der Waals surface area (Å²) in [5, 5.41) is 20.8. The van der Waals surface area contributed by atoms with Crippen LogP contribution in [-0.2, 0) is 0 Å². The first-order valence-corrected chi connectivity index (χ1v) is 9.27. The van der Waals surface area contributed by atoms with Crippen molar-refractivity contribution in [2.45, 2.75) is 23.4 Å². The summed E-state index contributed by atoms with van der Waals surface area (Å²) in [5.74, 6) is 1.49. The number of nitrogens with one attached hydrogen (secondary N) is 1. The van der Waals surface area contributed by atoms with Gasteiger partial charge in [-0.05, 0) is 12.5 Å². The number of aromatic nitrogens is 3. The molecule has 1 aromatic heterocycles. The van der Waals surface area contributed by atoms with Gasteiger partial charge in [-0.25, -0.2) is 4.98 Å². The van der Waals surface area contributed by atoms with Gasteiger partial charge >= 0.3 is 0 Å². The van der Waals surface area contributed by atoms with Crippen LogP contribution in [0.4, 0.5) is 5.69 Å².